The lowest BCUT2D eigenvalue weighted by molar-refractivity contribution is 0.0927. The summed E-state index contributed by atoms with van der Waals surface area (Å²) in [5.41, 5.74) is -0.135. The van der Waals surface area contributed by atoms with E-state index in [-0.39, 0.29) is 17.1 Å². The second kappa shape index (κ2) is 6.37. The molecule has 0 aliphatic rings. The van der Waals surface area contributed by atoms with Crippen LogP contribution in [0.2, 0.25) is 0 Å². The Morgan fingerprint density at radius 1 is 1.20 bits per heavy atom. The van der Waals surface area contributed by atoms with Crippen LogP contribution in [0.25, 0.3) is 0 Å². The number of hydrogen-bond acceptors (Lipinski definition) is 3. The number of carbonyl (C=O) groups is 1. The lowest BCUT2D eigenvalue weighted by Gasteiger charge is -2.24. The van der Waals surface area contributed by atoms with Crippen molar-refractivity contribution >= 4 is 5.91 Å². The van der Waals surface area contributed by atoms with Crippen molar-refractivity contribution in [1.29, 1.82) is 0 Å². The molecule has 0 aliphatic heterocycles. The van der Waals surface area contributed by atoms with Gasteiger partial charge in [0.2, 0.25) is 5.82 Å². The standard InChI is InChI=1S/C15H28N4O/c1-9(2)11(10(3)4)8-16-13(20)12-17-14(19-18-12)15(5,6)7/h9-11H,8H2,1-7H3,(H,16,20)(H,17,18,19). The minimum atomic E-state index is -0.206. The van der Waals surface area contributed by atoms with Crippen molar-refractivity contribution < 1.29 is 4.79 Å². The Morgan fingerprint density at radius 3 is 2.15 bits per heavy atom. The molecule has 0 fully saturated rings. The molecule has 5 nitrogen and oxygen atoms in total. The minimum absolute atomic E-state index is 0.135. The second-order valence-corrected chi connectivity index (χ2v) is 7.12. The summed E-state index contributed by atoms with van der Waals surface area (Å²) in [6, 6.07) is 0. The molecule has 0 aliphatic carbocycles. The van der Waals surface area contributed by atoms with Gasteiger partial charge in [0.15, 0.2) is 0 Å². The van der Waals surface area contributed by atoms with Crippen LogP contribution in [0, 0.1) is 17.8 Å². The van der Waals surface area contributed by atoms with Crippen LogP contribution in [0.1, 0.15) is 64.9 Å². The van der Waals surface area contributed by atoms with Crippen LogP contribution in [-0.2, 0) is 5.41 Å². The Hall–Kier alpha value is -1.39. The van der Waals surface area contributed by atoms with Gasteiger partial charge in [-0.3, -0.25) is 9.89 Å². The first-order valence-corrected chi connectivity index (χ1v) is 7.34. The third-order valence-electron chi connectivity index (χ3n) is 3.61. The number of hydrogen-bond donors (Lipinski definition) is 2. The fourth-order valence-electron chi connectivity index (χ4n) is 2.23. The maximum Gasteiger partial charge on any atom is 0.290 e. The van der Waals surface area contributed by atoms with Crippen molar-refractivity contribution in [3.8, 4) is 0 Å². The van der Waals surface area contributed by atoms with E-state index in [0.717, 1.165) is 5.82 Å². The monoisotopic (exact) mass is 280 g/mol. The highest BCUT2D eigenvalue weighted by Crippen LogP contribution is 2.20. The quantitative estimate of drug-likeness (QED) is 0.871. The predicted octanol–water partition coefficient (Wildman–Crippen LogP) is 2.76. The molecule has 1 amide bonds. The molecule has 1 aromatic heterocycles. The average Bonchev–Trinajstić information content (AvgIpc) is 2.76. The number of H-pyrrole nitrogens is 1. The van der Waals surface area contributed by atoms with Gasteiger partial charge in [0.1, 0.15) is 5.82 Å². The topological polar surface area (TPSA) is 70.7 Å². The first-order valence-electron chi connectivity index (χ1n) is 7.34. The predicted molar refractivity (Wildman–Crippen MR) is 80.6 cm³/mol. The first-order chi connectivity index (χ1) is 9.12. The van der Waals surface area contributed by atoms with Crippen molar-refractivity contribution in [1.82, 2.24) is 20.5 Å². The lowest BCUT2D eigenvalue weighted by Crippen LogP contribution is -2.34. The van der Waals surface area contributed by atoms with Crippen molar-refractivity contribution in [2.45, 2.75) is 53.9 Å². The molecule has 0 spiro atoms. The van der Waals surface area contributed by atoms with E-state index in [0.29, 0.717) is 24.3 Å². The zero-order valence-corrected chi connectivity index (χ0v) is 13.7. The summed E-state index contributed by atoms with van der Waals surface area (Å²) >= 11 is 0. The maximum absolute atomic E-state index is 12.1. The summed E-state index contributed by atoms with van der Waals surface area (Å²) in [5, 5.41) is 9.78. The van der Waals surface area contributed by atoms with Crippen LogP contribution >= 0.6 is 0 Å². The smallest absolute Gasteiger partial charge is 0.290 e. The molecular formula is C15H28N4O. The summed E-state index contributed by atoms with van der Waals surface area (Å²) < 4.78 is 0. The Morgan fingerprint density at radius 2 is 1.75 bits per heavy atom. The van der Waals surface area contributed by atoms with Gasteiger partial charge in [-0.05, 0) is 17.8 Å². The van der Waals surface area contributed by atoms with Crippen LogP contribution in [0.4, 0.5) is 0 Å². The molecule has 2 N–H and O–H groups in total. The molecular weight excluding hydrogens is 252 g/mol. The van der Waals surface area contributed by atoms with Gasteiger partial charge in [-0.2, -0.15) is 0 Å². The van der Waals surface area contributed by atoms with E-state index in [1.165, 1.54) is 0 Å². The number of rotatable bonds is 5. The second-order valence-electron chi connectivity index (χ2n) is 7.12. The Kier molecular flexibility index (Phi) is 5.31. The number of carbonyl (C=O) groups excluding carboxylic acids is 1. The normalized spacial score (nSPS) is 12.5. The van der Waals surface area contributed by atoms with E-state index in [4.69, 9.17) is 0 Å². The van der Waals surface area contributed by atoms with Crippen molar-refractivity contribution in [3.63, 3.8) is 0 Å². The maximum atomic E-state index is 12.1. The van der Waals surface area contributed by atoms with Crippen LogP contribution in [0.3, 0.4) is 0 Å². The number of amides is 1. The van der Waals surface area contributed by atoms with Gasteiger partial charge < -0.3 is 5.32 Å². The molecule has 0 atom stereocenters. The molecule has 0 unspecified atom stereocenters. The highest BCUT2D eigenvalue weighted by atomic mass is 16.2. The molecule has 1 rings (SSSR count). The van der Waals surface area contributed by atoms with Gasteiger partial charge in [0, 0.05) is 12.0 Å². The van der Waals surface area contributed by atoms with Gasteiger partial charge in [-0.25, -0.2) is 4.98 Å². The third kappa shape index (κ3) is 4.32. The van der Waals surface area contributed by atoms with Gasteiger partial charge in [-0.15, -0.1) is 5.10 Å². The summed E-state index contributed by atoms with van der Waals surface area (Å²) in [7, 11) is 0. The molecule has 1 heterocycles. The Bertz CT molecular complexity index is 435. The van der Waals surface area contributed by atoms with E-state index in [2.05, 4.69) is 48.2 Å². The molecule has 1 aromatic rings. The van der Waals surface area contributed by atoms with E-state index in [1.807, 2.05) is 20.8 Å². The molecule has 0 radical (unpaired) electrons. The van der Waals surface area contributed by atoms with E-state index >= 15 is 0 Å². The van der Waals surface area contributed by atoms with E-state index in [9.17, 15) is 4.79 Å². The number of aromatic nitrogens is 3. The zero-order valence-electron chi connectivity index (χ0n) is 13.7. The molecule has 0 saturated heterocycles. The summed E-state index contributed by atoms with van der Waals surface area (Å²) in [4.78, 5) is 16.3. The van der Waals surface area contributed by atoms with E-state index in [1.54, 1.807) is 0 Å². The molecule has 0 aromatic carbocycles. The highest BCUT2D eigenvalue weighted by molar-refractivity contribution is 5.90. The van der Waals surface area contributed by atoms with Crippen LogP contribution in [0.5, 0.6) is 0 Å². The third-order valence-corrected chi connectivity index (χ3v) is 3.61. The molecule has 0 saturated carbocycles. The average molecular weight is 280 g/mol. The summed E-state index contributed by atoms with van der Waals surface area (Å²) in [5.74, 6) is 2.27. The largest absolute Gasteiger partial charge is 0.349 e. The zero-order chi connectivity index (χ0) is 15.5. The van der Waals surface area contributed by atoms with Crippen LogP contribution in [0.15, 0.2) is 0 Å². The van der Waals surface area contributed by atoms with Crippen molar-refractivity contribution in [2.24, 2.45) is 17.8 Å². The molecule has 20 heavy (non-hydrogen) atoms. The fourth-order valence-corrected chi connectivity index (χ4v) is 2.23. The van der Waals surface area contributed by atoms with Gasteiger partial charge in [0.05, 0.1) is 0 Å². The Labute approximate surface area is 122 Å². The molecule has 114 valence electrons. The number of nitrogens with one attached hydrogen (secondary N) is 2. The minimum Gasteiger partial charge on any atom is -0.349 e. The van der Waals surface area contributed by atoms with E-state index < -0.39 is 0 Å². The van der Waals surface area contributed by atoms with Gasteiger partial charge >= 0.3 is 0 Å². The van der Waals surface area contributed by atoms with Gasteiger partial charge in [-0.1, -0.05) is 48.5 Å². The van der Waals surface area contributed by atoms with Gasteiger partial charge in [0.25, 0.3) is 5.91 Å². The SMILES string of the molecule is CC(C)C(CNC(=O)c1n[nH]c(C(C)(C)C)n1)C(C)C. The highest BCUT2D eigenvalue weighted by Gasteiger charge is 2.23. The lowest BCUT2D eigenvalue weighted by atomic mass is 9.85. The molecule has 0 bridgehead atoms. The van der Waals surface area contributed by atoms with Crippen molar-refractivity contribution in [2.75, 3.05) is 6.54 Å². The summed E-state index contributed by atoms with van der Waals surface area (Å²) in [6.45, 7) is 15.5. The molecule has 5 heteroatoms. The first kappa shape index (κ1) is 16.7. The van der Waals surface area contributed by atoms with Crippen LogP contribution < -0.4 is 5.32 Å². The number of aromatic amines is 1. The summed E-state index contributed by atoms with van der Waals surface area (Å²) in [6.07, 6.45) is 0. The van der Waals surface area contributed by atoms with Crippen LogP contribution in [-0.4, -0.2) is 27.6 Å². The number of nitrogens with zero attached hydrogens (tertiary/aromatic N) is 2. The Balaban J connectivity index is 2.65. The fraction of sp³-hybridized carbons (Fsp3) is 0.800. The van der Waals surface area contributed by atoms with Crippen molar-refractivity contribution in [3.05, 3.63) is 11.6 Å².